The number of aromatic carboxylic acids is 1. The highest BCUT2D eigenvalue weighted by Crippen LogP contribution is 2.54. The first-order chi connectivity index (χ1) is 37.2. The molecule has 1 aliphatic carbocycles. The summed E-state index contributed by atoms with van der Waals surface area (Å²) in [5.74, 6) is -6.88. The van der Waals surface area contributed by atoms with Gasteiger partial charge in [0, 0.05) is 75.7 Å². The van der Waals surface area contributed by atoms with Gasteiger partial charge in [-0.25, -0.2) is 19.2 Å². The van der Waals surface area contributed by atoms with Gasteiger partial charge < -0.3 is 71.4 Å². The first-order valence-corrected chi connectivity index (χ1v) is 29.0. The van der Waals surface area contributed by atoms with Crippen LogP contribution in [0.5, 0.6) is 0 Å². The Morgan fingerprint density at radius 1 is 0.747 bits per heavy atom. The van der Waals surface area contributed by atoms with Crippen LogP contribution < -0.4 is 10.6 Å². The third-order valence-corrected chi connectivity index (χ3v) is 20.1. The average Bonchev–Trinajstić information content (AvgIpc) is 4.22. The van der Waals surface area contributed by atoms with Crippen molar-refractivity contribution in [3.8, 4) is 0 Å². The normalized spacial score (nSPS) is 30.4. The number of fused-ring (bicyclic) bond motifs is 3. The molecule has 0 unspecified atom stereocenters. The molecule has 0 aromatic heterocycles. The number of carboxylic acids is 4. The molecule has 9 rings (SSSR count). The largest absolute Gasteiger partial charge is 0.478 e. The number of benzene rings is 1. The average molecular weight is 1160 g/mol. The molecule has 0 spiro atoms. The summed E-state index contributed by atoms with van der Waals surface area (Å²) in [6.45, 7) is 8.94. The van der Waals surface area contributed by atoms with Crippen molar-refractivity contribution in [1.29, 1.82) is 5.41 Å². The number of hydrogen-bond acceptors (Lipinski definition) is 17. The zero-order valence-electron chi connectivity index (χ0n) is 44.7. The van der Waals surface area contributed by atoms with Crippen LogP contribution in [-0.4, -0.2) is 194 Å². The maximum absolute atomic E-state index is 12.7. The van der Waals surface area contributed by atoms with E-state index in [4.69, 9.17) is 10.5 Å². The molecule has 1 aromatic carbocycles. The minimum atomic E-state index is -1.18. The van der Waals surface area contributed by atoms with Crippen LogP contribution in [0.2, 0.25) is 0 Å². The van der Waals surface area contributed by atoms with Crippen molar-refractivity contribution in [1.82, 2.24) is 24.9 Å². The summed E-state index contributed by atoms with van der Waals surface area (Å²) >= 11 is 4.31. The summed E-state index contributed by atoms with van der Waals surface area (Å²) in [5, 5.41) is 80.1. The highest BCUT2D eigenvalue weighted by atomic mass is 32.2. The number of aliphatic hydroxyl groups excluding tert-OH is 3. The quantitative estimate of drug-likeness (QED) is 0.0540. The molecule has 5 amide bonds. The molecular formula is C53H69N7O16S3. The second-order valence-corrected chi connectivity index (χ2v) is 25.2. The SMILES string of the molecule is C[C@@H](O)[C@H]1C(=O)N2C(C(=O)O)=C(SCCCC=N)C[C@H]12.C[C@@H](O)[C@H]1C(=O)N2C(C(=O)O)=C(S[C@@H]3CC[C@H](C(=O)N(C)C)C3)[C@H](C)[C@H]12.C[C@@H](O)[C@H]1C(=O)N2C(C(=O)O)=C(S[C@@H]3CN[C@H](C(=O)Nc4cccc(C(=O)O)c4)C3)[C@H](C)[C@H]12. The molecule has 4 saturated heterocycles. The van der Waals surface area contributed by atoms with Crippen molar-refractivity contribution < 1.29 is 78.9 Å². The van der Waals surface area contributed by atoms with Gasteiger partial charge in [-0.15, -0.1) is 35.3 Å². The first kappa shape index (κ1) is 60.9. The zero-order chi connectivity index (χ0) is 58.2. The van der Waals surface area contributed by atoms with E-state index >= 15 is 0 Å². The summed E-state index contributed by atoms with van der Waals surface area (Å²) < 4.78 is 0. The lowest BCUT2D eigenvalue weighted by atomic mass is 9.79. The molecule has 8 aliphatic rings. The Bertz CT molecular complexity index is 2770. The second kappa shape index (κ2) is 24.9. The van der Waals surface area contributed by atoms with Crippen molar-refractivity contribution in [3.63, 3.8) is 0 Å². The minimum Gasteiger partial charge on any atom is -0.478 e. The van der Waals surface area contributed by atoms with Gasteiger partial charge in [-0.2, -0.15) is 0 Å². The zero-order valence-corrected chi connectivity index (χ0v) is 47.2. The van der Waals surface area contributed by atoms with E-state index in [-0.39, 0.29) is 98.6 Å². The number of nitrogens with zero attached hydrogens (tertiary/aromatic N) is 4. The van der Waals surface area contributed by atoms with E-state index in [2.05, 4.69) is 10.6 Å². The number of anilines is 1. The number of carbonyl (C=O) groups is 9. The molecule has 1 aromatic rings. The van der Waals surface area contributed by atoms with Crippen LogP contribution in [0.25, 0.3) is 0 Å². The van der Waals surface area contributed by atoms with Crippen molar-refractivity contribution in [2.24, 2.45) is 35.5 Å². The number of nitrogens with one attached hydrogen (secondary N) is 3. The molecule has 26 heteroatoms. The van der Waals surface area contributed by atoms with Crippen LogP contribution in [0.4, 0.5) is 5.69 Å². The highest BCUT2D eigenvalue weighted by molar-refractivity contribution is 8.04. The Balaban J connectivity index is 0.000000177. The van der Waals surface area contributed by atoms with Gasteiger partial charge in [0.1, 0.15) is 17.1 Å². The number of carbonyl (C=O) groups excluding carboxylic acids is 5. The summed E-state index contributed by atoms with van der Waals surface area (Å²) in [5.41, 5.74) is 0.565. The van der Waals surface area contributed by atoms with Crippen molar-refractivity contribution in [2.75, 3.05) is 31.7 Å². The summed E-state index contributed by atoms with van der Waals surface area (Å²) in [4.78, 5) is 115. The van der Waals surface area contributed by atoms with Crippen molar-refractivity contribution >= 4 is 101 Å². The lowest BCUT2D eigenvalue weighted by Crippen LogP contribution is -2.63. The lowest BCUT2D eigenvalue weighted by Gasteiger charge is -2.46. The van der Waals surface area contributed by atoms with Crippen molar-refractivity contribution in [2.45, 2.75) is 133 Å². The standard InChI is InChI=1S/C22H25N3O7S.C18H26N2O5S.C13H18N2O4S/c1-9-16-15(10(2)26)20(28)25(16)17(22(31)32)18(9)33-13-7-14(23-8-13)19(27)24-12-5-3-4-11(6-12)21(29)30;1-8-13-12(9(2)21)17(23)20(13)14(18(24)25)15(8)26-11-6-5-10(7-11)16(22)19(3)4;1-7(16)10-8-6-9(20-5-3-2-4-14)11(13(18)19)15(8)12(10)17/h3-6,9-10,13-16,23,26H,7-8H2,1-2H3,(H,24,27)(H,29,30)(H,31,32);8-13,21H,5-7H2,1-4H3,(H,24,25);4,7-8,10,14,16H,2-3,5-6H2,1H3,(H,18,19)/t9-,10-,13+,14+,15-,16-;8-,9-,10+,11-,12-,13-;7-,8-,10-/m111/s1. The molecule has 15 atom stereocenters. The monoisotopic (exact) mass is 1160 g/mol. The predicted molar refractivity (Wildman–Crippen MR) is 292 cm³/mol. The van der Waals surface area contributed by atoms with Gasteiger partial charge in [-0.1, -0.05) is 19.9 Å². The molecule has 7 aliphatic heterocycles. The molecule has 5 fully saturated rings. The fraction of sp³-hybridized carbons (Fsp3) is 0.585. The van der Waals surface area contributed by atoms with E-state index in [1.807, 2.05) is 13.8 Å². The Kier molecular flexibility index (Phi) is 19.2. The van der Waals surface area contributed by atoms with Crippen LogP contribution >= 0.6 is 35.3 Å². The number of hydrogen-bond donors (Lipinski definition) is 10. The number of β-lactam (4-membered cyclic amide) rings is 3. The molecule has 10 N–H and O–H groups in total. The van der Waals surface area contributed by atoms with Crippen LogP contribution in [-0.2, 0) is 38.4 Å². The molecular weight excluding hydrogens is 1090 g/mol. The van der Waals surface area contributed by atoms with Crippen molar-refractivity contribution in [3.05, 3.63) is 61.6 Å². The third kappa shape index (κ3) is 12.0. The van der Waals surface area contributed by atoms with Gasteiger partial charge in [-0.3, -0.25) is 24.0 Å². The van der Waals surface area contributed by atoms with Crippen LogP contribution in [0, 0.1) is 40.9 Å². The number of carboxylic acid groups (broad SMARTS) is 4. The number of unbranched alkanes of at least 4 members (excludes halogenated alkanes) is 1. The van der Waals surface area contributed by atoms with Crippen LogP contribution in [0.15, 0.2) is 56.1 Å². The summed E-state index contributed by atoms with van der Waals surface area (Å²) in [7, 11) is 3.50. The predicted octanol–water partition coefficient (Wildman–Crippen LogP) is 3.13. The fourth-order valence-electron chi connectivity index (χ4n) is 12.0. The Morgan fingerprint density at radius 2 is 1.28 bits per heavy atom. The number of aliphatic hydroxyl groups is 3. The Labute approximate surface area is 469 Å². The molecule has 1 saturated carbocycles. The van der Waals surface area contributed by atoms with E-state index in [1.165, 1.54) is 75.3 Å². The maximum Gasteiger partial charge on any atom is 0.353 e. The molecule has 0 radical (unpaired) electrons. The summed E-state index contributed by atoms with van der Waals surface area (Å²) in [6, 6.07) is 4.58. The number of amides is 5. The van der Waals surface area contributed by atoms with Gasteiger partial charge in [0.25, 0.3) is 0 Å². The van der Waals surface area contributed by atoms with Gasteiger partial charge in [0.15, 0.2) is 0 Å². The van der Waals surface area contributed by atoms with E-state index in [0.29, 0.717) is 46.2 Å². The van der Waals surface area contributed by atoms with E-state index < -0.39 is 66.0 Å². The molecule has 7 heterocycles. The molecule has 430 valence electrons. The number of thioether (sulfide) groups is 3. The van der Waals surface area contributed by atoms with Gasteiger partial charge in [0.05, 0.1) is 65.8 Å². The smallest absolute Gasteiger partial charge is 0.353 e. The lowest BCUT2D eigenvalue weighted by molar-refractivity contribution is -0.163. The van der Waals surface area contributed by atoms with E-state index in [0.717, 1.165) is 31.4 Å². The topological polar surface area (TPSA) is 356 Å². The minimum absolute atomic E-state index is 0.0167. The van der Waals surface area contributed by atoms with Crippen LogP contribution in [0.1, 0.15) is 89.9 Å². The molecule has 79 heavy (non-hydrogen) atoms. The third-order valence-electron chi connectivity index (χ3n) is 15.8. The van der Waals surface area contributed by atoms with E-state index in [9.17, 15) is 73.8 Å². The second-order valence-electron chi connectivity index (χ2n) is 21.4. The van der Waals surface area contributed by atoms with Crippen LogP contribution in [0.3, 0.4) is 0 Å². The Hall–Kier alpha value is -5.77. The first-order valence-electron chi connectivity index (χ1n) is 26.2. The summed E-state index contributed by atoms with van der Waals surface area (Å²) in [6.07, 6.45) is 3.76. The van der Waals surface area contributed by atoms with E-state index in [1.54, 1.807) is 45.0 Å². The van der Waals surface area contributed by atoms with Gasteiger partial charge in [0.2, 0.25) is 29.5 Å². The highest BCUT2D eigenvalue weighted by Gasteiger charge is 2.62. The Morgan fingerprint density at radius 3 is 1.77 bits per heavy atom. The number of rotatable bonds is 19. The fourth-order valence-corrected chi connectivity index (χ4v) is 16.3. The molecule has 23 nitrogen and oxygen atoms in total. The van der Waals surface area contributed by atoms with Gasteiger partial charge in [-0.05, 0) is 89.5 Å². The maximum atomic E-state index is 12.7. The number of aliphatic carboxylic acids is 3. The van der Waals surface area contributed by atoms with Gasteiger partial charge >= 0.3 is 23.9 Å². The molecule has 0 bridgehead atoms.